The number of carboxylic acids is 6. The van der Waals surface area contributed by atoms with Crippen LogP contribution in [0.3, 0.4) is 0 Å². The highest BCUT2D eigenvalue weighted by Crippen LogP contribution is 2.38. The molecule has 0 saturated heterocycles. The molecule has 0 aromatic heterocycles. The number of aliphatic carboxylic acids is 6. The van der Waals surface area contributed by atoms with Crippen molar-refractivity contribution in [2.45, 2.75) is 0 Å². The van der Waals surface area contributed by atoms with E-state index in [2.05, 4.69) is 29.1 Å². The highest BCUT2D eigenvalue weighted by atomic mass is 16.4. The van der Waals surface area contributed by atoms with Crippen LogP contribution in [0.1, 0.15) is 83.5 Å². The van der Waals surface area contributed by atoms with Gasteiger partial charge in [0.2, 0.25) is 0 Å². The molecule has 0 spiro atoms. The first kappa shape index (κ1) is 71.5. The highest BCUT2D eigenvalue weighted by Gasteiger charge is 2.18. The molecule has 0 aliphatic carbocycles. The number of rotatable bonds is 24. The predicted molar refractivity (Wildman–Crippen MR) is 394 cm³/mol. The molecule has 0 aliphatic heterocycles. The van der Waals surface area contributed by atoms with Gasteiger partial charge in [-0.1, -0.05) is 182 Å². The lowest BCUT2D eigenvalue weighted by atomic mass is 9.93. The van der Waals surface area contributed by atoms with Gasteiger partial charge in [-0.25, -0.2) is 29.1 Å². The van der Waals surface area contributed by atoms with Gasteiger partial charge in [0.15, 0.2) is 0 Å². The smallest absolute Gasteiger partial charge is 0.333 e. The van der Waals surface area contributed by atoms with E-state index in [1.165, 1.54) is 36.5 Å². The summed E-state index contributed by atoms with van der Waals surface area (Å²) < 4.78 is 0. The topological polar surface area (TPSA) is 253 Å². The van der Waals surface area contributed by atoms with Gasteiger partial charge >= 0.3 is 35.8 Å². The maximum atomic E-state index is 11.7. The Balaban J connectivity index is 1.18. The zero-order chi connectivity index (χ0) is 73.7. The summed E-state index contributed by atoms with van der Waals surface area (Å²) in [6.45, 7) is 44.1. The zero-order valence-corrected chi connectivity index (χ0v) is 53.7. The second-order valence-electron chi connectivity index (χ2n) is 22.2. The highest BCUT2D eigenvalue weighted by molar-refractivity contribution is 6.00. The van der Waals surface area contributed by atoms with Crippen LogP contribution in [-0.2, 0) is 28.8 Å². The van der Waals surface area contributed by atoms with E-state index >= 15 is 0 Å². The van der Waals surface area contributed by atoms with Crippen LogP contribution in [0.25, 0.3) is 100 Å². The lowest BCUT2D eigenvalue weighted by molar-refractivity contribution is -0.133. The van der Waals surface area contributed by atoms with Crippen molar-refractivity contribution < 1.29 is 59.4 Å². The standard InChI is InChI=1S/C84H51N7O12/c1-85-73(79(92)93)46-55-7-25-61(26-8-55)70(62-27-9-56(10-28-62)47-74(86-2)80(94)95)43-52-19-37-67(38-20-52)91(68-39-21-53(22-40-68)44-71(63-29-11-57(12-30-63)48-75(87-3)81(96)97)64-31-13-58(14-32-64)49-76(88-4)82(98)99)69-41-23-54(24-42-69)45-72(65-33-15-59(16-34-65)50-77(89-5)83(100)101)66-35-17-60(18-36-66)51-78(90-6)84(102)103/h7-51H,(H,92,93)(H,94,95)(H,96,97)(H,98,99)(H,100,101)(H,102,103). The first-order valence-electron chi connectivity index (χ1n) is 30.5. The Hall–Kier alpha value is -15.8. The largest absolute Gasteiger partial charge is 0.486 e. The maximum absolute atomic E-state index is 11.7. The molecule has 0 atom stereocenters. The van der Waals surface area contributed by atoms with E-state index in [9.17, 15) is 59.4 Å². The van der Waals surface area contributed by atoms with Crippen LogP contribution in [0.4, 0.5) is 17.1 Å². The summed E-state index contributed by atoms with van der Waals surface area (Å²) in [5.41, 5.74) is 10.6. The Morgan fingerprint density at radius 1 is 0.214 bits per heavy atom. The van der Waals surface area contributed by atoms with Gasteiger partial charge in [0.1, 0.15) is 0 Å². The lowest BCUT2D eigenvalue weighted by Crippen LogP contribution is -2.09. The molecule has 0 bridgehead atoms. The minimum absolute atomic E-state index is 0.468. The predicted octanol–water partition coefficient (Wildman–Crippen LogP) is 18.0. The van der Waals surface area contributed by atoms with Crippen LogP contribution in [0.15, 0.2) is 253 Å². The third-order valence-electron chi connectivity index (χ3n) is 15.6. The van der Waals surface area contributed by atoms with Crippen LogP contribution < -0.4 is 4.90 Å². The molecule has 0 heterocycles. The van der Waals surface area contributed by atoms with Crippen LogP contribution in [-0.4, -0.2) is 66.5 Å². The number of hydrogen-bond acceptors (Lipinski definition) is 7. The molecule has 19 heteroatoms. The second kappa shape index (κ2) is 33.2. The number of hydrogen-bond donors (Lipinski definition) is 6. The Labute approximate surface area is 590 Å². The average molecular weight is 1350 g/mol. The average Bonchev–Trinajstić information content (AvgIpc) is 0.800. The fraction of sp³-hybridized carbons (Fsp3) is 0. The third kappa shape index (κ3) is 18.4. The van der Waals surface area contributed by atoms with Crippen molar-refractivity contribution in [2.75, 3.05) is 4.90 Å². The molecular formula is C84H51N7O12. The molecule has 19 nitrogen and oxygen atoms in total. The molecule has 0 radical (unpaired) electrons. The molecule has 0 fully saturated rings. The van der Waals surface area contributed by atoms with Gasteiger partial charge in [0.25, 0.3) is 34.2 Å². The van der Waals surface area contributed by atoms with E-state index in [0.29, 0.717) is 101 Å². The molecule has 494 valence electrons. The van der Waals surface area contributed by atoms with Crippen molar-refractivity contribution in [3.05, 3.63) is 405 Å². The number of anilines is 3. The van der Waals surface area contributed by atoms with E-state index in [1.807, 2.05) is 95.9 Å². The molecular weight excluding hydrogens is 1300 g/mol. The van der Waals surface area contributed by atoms with E-state index in [4.69, 9.17) is 39.4 Å². The molecule has 9 rings (SSSR count). The van der Waals surface area contributed by atoms with Crippen LogP contribution >= 0.6 is 0 Å². The van der Waals surface area contributed by atoms with Gasteiger partial charge in [-0.3, -0.25) is 28.8 Å². The molecule has 0 saturated carbocycles. The van der Waals surface area contributed by atoms with Gasteiger partial charge in [-0.2, -0.15) is 0 Å². The molecule has 103 heavy (non-hydrogen) atoms. The van der Waals surface area contributed by atoms with Gasteiger partial charge in [-0.05, 0) is 191 Å². The Morgan fingerprint density at radius 3 is 0.466 bits per heavy atom. The van der Waals surface area contributed by atoms with Crippen molar-refractivity contribution in [1.82, 2.24) is 0 Å². The van der Waals surface area contributed by atoms with Crippen molar-refractivity contribution in [2.24, 2.45) is 0 Å². The minimum Gasteiger partial charge on any atom is -0.486 e. The van der Waals surface area contributed by atoms with Crippen molar-refractivity contribution in [1.29, 1.82) is 0 Å². The maximum Gasteiger partial charge on any atom is 0.333 e. The fourth-order valence-corrected chi connectivity index (χ4v) is 10.5. The normalized spacial score (nSPS) is 11.5. The first-order chi connectivity index (χ1) is 49.7. The minimum atomic E-state index is -1.37. The lowest BCUT2D eigenvalue weighted by Gasteiger charge is -2.26. The van der Waals surface area contributed by atoms with Crippen molar-refractivity contribution in [3.8, 4) is 0 Å². The fourth-order valence-electron chi connectivity index (χ4n) is 10.5. The van der Waals surface area contributed by atoms with Crippen LogP contribution in [0.2, 0.25) is 0 Å². The van der Waals surface area contributed by atoms with Gasteiger partial charge in [-0.15, -0.1) is 0 Å². The van der Waals surface area contributed by atoms with E-state index in [0.717, 1.165) is 16.7 Å². The number of carbonyl (C=O) groups is 6. The van der Waals surface area contributed by atoms with Gasteiger partial charge in [0.05, 0.1) is 39.4 Å². The number of nitrogens with zero attached hydrogens (tertiary/aromatic N) is 7. The van der Waals surface area contributed by atoms with E-state index < -0.39 is 70.0 Å². The van der Waals surface area contributed by atoms with Crippen molar-refractivity contribution in [3.63, 3.8) is 0 Å². The third-order valence-corrected chi connectivity index (χ3v) is 15.6. The summed E-state index contributed by atoms with van der Waals surface area (Å²) >= 11 is 0. The second-order valence-corrected chi connectivity index (χ2v) is 22.2. The van der Waals surface area contributed by atoms with Crippen LogP contribution in [0.5, 0.6) is 0 Å². The number of benzene rings is 9. The number of carboxylic acid groups (broad SMARTS) is 6. The molecule has 0 unspecified atom stereocenters. The monoisotopic (exact) mass is 1350 g/mol. The van der Waals surface area contributed by atoms with Crippen molar-refractivity contribution >= 4 is 124 Å². The molecule has 9 aromatic rings. The molecule has 6 N–H and O–H groups in total. The summed E-state index contributed by atoms with van der Waals surface area (Å²) in [7, 11) is 0. The van der Waals surface area contributed by atoms with E-state index in [-0.39, 0.29) is 0 Å². The Morgan fingerprint density at radius 2 is 0.340 bits per heavy atom. The molecule has 0 amide bonds. The quantitative estimate of drug-likeness (QED) is 0.0187. The Bertz CT molecular complexity index is 4620. The van der Waals surface area contributed by atoms with Gasteiger partial charge in [0, 0.05) is 17.1 Å². The summed E-state index contributed by atoms with van der Waals surface area (Å²) in [5, 5.41) is 57.3. The summed E-state index contributed by atoms with van der Waals surface area (Å²) in [5.74, 6) is -8.24. The molecule has 9 aromatic carbocycles. The van der Waals surface area contributed by atoms with Gasteiger partial charge < -0.3 is 35.5 Å². The van der Waals surface area contributed by atoms with E-state index in [1.54, 1.807) is 146 Å². The SMILES string of the molecule is [C-]#[N+]C(=Cc1ccc(C(=Cc2ccc(N(c3ccc(C=C(c4ccc(C=C([N+]#[C-])C(=O)O)cc4)c4ccc(C=C([N+]#[C-])C(=O)O)cc4)cc3)c3ccc(C=C(c4ccc(C=C([N+]#[C-])C(=O)O)cc4)c4ccc(C=C([N+]#[C-])C(=O)O)cc4)cc3)cc2)c2ccc(C=C([N+]#[C-])C(=O)O)cc2)cc1)C(=O)O. The summed E-state index contributed by atoms with van der Waals surface area (Å²) in [4.78, 5) is 91.1. The first-order valence-corrected chi connectivity index (χ1v) is 30.5. The summed E-state index contributed by atoms with van der Waals surface area (Å²) in [6, 6.07) is 64.6. The van der Waals surface area contributed by atoms with Crippen LogP contribution in [0, 0.1) is 39.4 Å². The molecule has 0 aliphatic rings. The summed E-state index contributed by atoms with van der Waals surface area (Å²) in [6.07, 6.45) is 13.4. The Kier molecular flexibility index (Phi) is 23.1. The zero-order valence-electron chi connectivity index (χ0n) is 53.7.